The van der Waals surface area contributed by atoms with E-state index in [1.165, 1.54) is 179 Å². The van der Waals surface area contributed by atoms with E-state index < -0.39 is 24.6 Å². The van der Waals surface area contributed by atoms with Crippen LogP contribution < -0.4 is 11.1 Å². The number of alkyl halides is 3. The number of aliphatic hydroxyl groups excluding tert-OH is 1. The first-order chi connectivity index (χ1) is 65.1. The maximum absolute atomic E-state index is 12.6. The first-order valence-electron chi connectivity index (χ1n) is 52.7. The Kier molecular flexibility index (Phi) is 47.3. The van der Waals surface area contributed by atoms with Crippen LogP contribution in [0.5, 0.6) is 0 Å². The number of carbonyl (C=O) groups is 8. The normalized spacial score (nSPS) is 25.8. The van der Waals surface area contributed by atoms with Gasteiger partial charge in [-0.3, -0.25) is 38.5 Å². The molecule has 764 valence electrons. The number of halogens is 3. The summed E-state index contributed by atoms with van der Waals surface area (Å²) in [4.78, 5) is 131. The number of pyridine rings is 1. The average Bonchev–Trinajstić information content (AvgIpc) is 1.69. The van der Waals surface area contributed by atoms with Gasteiger partial charge >= 0.3 is 12.3 Å². The zero-order valence-electron chi connectivity index (χ0n) is 84.4. The van der Waals surface area contributed by atoms with Crippen molar-refractivity contribution in [2.24, 2.45) is 47.2 Å². The molecule has 0 aliphatic carbocycles. The molecule has 16 rings (SSSR count). The summed E-state index contributed by atoms with van der Waals surface area (Å²) in [6, 6.07) is 18.3. The highest BCUT2D eigenvalue weighted by molar-refractivity contribution is 5.80. The molecule has 7 atom stereocenters. The van der Waals surface area contributed by atoms with Crippen molar-refractivity contribution in [1.29, 1.82) is 0 Å². The van der Waals surface area contributed by atoms with Gasteiger partial charge in [-0.25, -0.2) is 4.79 Å². The number of piperidine rings is 7. The predicted molar refractivity (Wildman–Crippen MR) is 525 cm³/mol. The zero-order chi connectivity index (χ0) is 96.8. The molecule has 0 spiro atoms. The number of alkyl carbamates (subject to hydrolysis) is 1. The summed E-state index contributed by atoms with van der Waals surface area (Å²) in [7, 11) is 16.7. The first kappa shape index (κ1) is 110. The van der Waals surface area contributed by atoms with Crippen molar-refractivity contribution >= 4 is 47.4 Å². The fourth-order valence-electron chi connectivity index (χ4n) is 24.3. The minimum absolute atomic E-state index is 0.0311. The Balaban J connectivity index is 0.000000164. The van der Waals surface area contributed by atoms with Crippen molar-refractivity contribution in [1.82, 2.24) is 78.9 Å². The summed E-state index contributed by atoms with van der Waals surface area (Å²) in [6.07, 6.45) is 31.9. The van der Waals surface area contributed by atoms with Gasteiger partial charge in [0.25, 0.3) is 0 Å². The zero-order valence-corrected chi connectivity index (χ0v) is 84.4. The van der Waals surface area contributed by atoms with E-state index in [0.29, 0.717) is 117 Å². The van der Waals surface area contributed by atoms with Crippen LogP contribution in [0.2, 0.25) is 0 Å². The molecule has 0 radical (unpaired) electrons. The van der Waals surface area contributed by atoms with E-state index in [2.05, 4.69) is 125 Å². The fraction of sp³-hybridized carbons (Fsp3) is 0.817. The molecule has 1 unspecified atom stereocenters. The second-order valence-corrected chi connectivity index (χ2v) is 41.8. The number of nitrogens with two attached hydrogens (primary N) is 1. The monoisotopic (exact) mass is 1900 g/mol. The third kappa shape index (κ3) is 35.5. The summed E-state index contributed by atoms with van der Waals surface area (Å²) in [5.74, 6) is 5.03. The topological polar surface area (TPSA) is 272 Å². The van der Waals surface area contributed by atoms with Gasteiger partial charge in [0.2, 0.25) is 41.4 Å². The Morgan fingerprint density at radius 1 is 0.378 bits per heavy atom. The third-order valence-corrected chi connectivity index (χ3v) is 32.2. The molecule has 28 nitrogen and oxygen atoms in total. The van der Waals surface area contributed by atoms with Crippen LogP contribution in [0, 0.1) is 41.4 Å². The second kappa shape index (κ2) is 57.9. The quantitative estimate of drug-likeness (QED) is 0.0933. The van der Waals surface area contributed by atoms with Gasteiger partial charge in [0.05, 0.1) is 0 Å². The van der Waals surface area contributed by atoms with Gasteiger partial charge in [-0.1, -0.05) is 43.3 Å². The van der Waals surface area contributed by atoms with Crippen molar-refractivity contribution in [3.05, 3.63) is 66.0 Å². The number of methoxy groups -OCH3 is 1. The van der Waals surface area contributed by atoms with Crippen molar-refractivity contribution in [2.45, 2.75) is 287 Å². The van der Waals surface area contributed by atoms with Gasteiger partial charge in [0.1, 0.15) is 26.2 Å². The third-order valence-electron chi connectivity index (χ3n) is 32.2. The molecule has 135 heavy (non-hydrogen) atoms. The van der Waals surface area contributed by atoms with Crippen molar-refractivity contribution in [3.63, 3.8) is 0 Å². The van der Waals surface area contributed by atoms with E-state index in [0.717, 1.165) is 179 Å². The summed E-state index contributed by atoms with van der Waals surface area (Å²) in [6.45, 7) is 25.0. The minimum Gasteiger partial charge on any atom is -0.445 e. The van der Waals surface area contributed by atoms with Crippen molar-refractivity contribution < 1.29 is 66.1 Å². The lowest BCUT2D eigenvalue weighted by molar-refractivity contribution is -0.163. The number of nitrogens with one attached hydrogen (secondary N) is 1. The maximum atomic E-state index is 12.6. The smallest absolute Gasteiger partial charge is 0.407 e. The molecular weight excluding hydrogens is 1720 g/mol. The molecule has 8 amide bonds. The number of benzene rings is 1. The summed E-state index contributed by atoms with van der Waals surface area (Å²) in [5.41, 5.74) is 7.45. The number of carbonyl (C=O) groups excluding carboxylic acids is 8. The molecule has 0 saturated carbocycles. The Morgan fingerprint density at radius 3 is 0.956 bits per heavy atom. The molecule has 14 saturated heterocycles. The lowest BCUT2D eigenvalue weighted by Crippen LogP contribution is -2.45. The summed E-state index contributed by atoms with van der Waals surface area (Å²) >= 11 is 0. The van der Waals surface area contributed by atoms with E-state index in [1.54, 1.807) is 13.3 Å². The molecule has 15 heterocycles. The van der Waals surface area contributed by atoms with E-state index >= 15 is 0 Å². The van der Waals surface area contributed by atoms with Gasteiger partial charge in [-0.15, -0.1) is 0 Å². The standard InChI is InChI=1S/C21H31N3O3.C18H27N3O.C14H26N2O.C13H21F3N2O.C13H25N3O.C13H24N2O2.C12H22N2O2/c1-23-14-10-18(11-15-23)19-8-5-13-24(19)20(25)9-12-22-21(26)27-16-17-6-3-2-4-7-17;1-20-13-9-15(10-14-20)17-6-4-12-21(17)18(22)8-7-16-5-2-3-11-19-16;1-3-5-14(17)16-9-4-6-13(16)12-7-10-15(2)11-8-12;1-17-7-4-10(5-8-17)11-3-2-6-18(11)12(19)9-13(14,15)16;1-15-9-5-11(6-10-15)12-3-2-8-16(12)13(17)4-7-14;1-14-8-5-11(6-9-14)12-4-3-7-15(12)13(16)10-17-2;1-13-7-4-10(5-8-13)11-3-2-6-14(11)12(16)9-15/h2-4,6-7,18-19H,5,8-16H2,1H3,(H,22,26);2-3,5,11,15,17H,4,6-10,12-14H2,1H3;12-13H,3-11H2,1-2H3;10-11H,2-9H2,1H3;11-12H,2-10,14H2,1H3;11-12H,3-10H2,1-2H3;10-11,15H,2-9H2,1H3/t19-;17-;;11-;2*12-;11-/m00.0000/s1. The molecule has 2 aromatic rings. The second-order valence-electron chi connectivity index (χ2n) is 41.8. The van der Waals surface area contributed by atoms with Crippen molar-refractivity contribution in [3.8, 4) is 0 Å². The Bertz CT molecular complexity index is 3650. The van der Waals surface area contributed by atoms with E-state index in [-0.39, 0.29) is 49.5 Å². The number of nitrogens with zero attached hydrogens (tertiary/aromatic N) is 15. The van der Waals surface area contributed by atoms with Gasteiger partial charge in [0, 0.05) is 146 Å². The van der Waals surface area contributed by atoms with Crippen LogP contribution in [0.4, 0.5) is 18.0 Å². The van der Waals surface area contributed by atoms with Gasteiger partial charge in [-0.05, 0) is 393 Å². The Morgan fingerprint density at radius 2 is 0.667 bits per heavy atom. The fourth-order valence-corrected chi connectivity index (χ4v) is 24.3. The number of aromatic nitrogens is 1. The number of hydrogen-bond donors (Lipinski definition) is 3. The number of hydrogen-bond acceptors (Lipinski definition) is 20. The number of aliphatic hydroxyl groups is 1. The van der Waals surface area contributed by atoms with Crippen LogP contribution in [-0.2, 0) is 56.1 Å². The van der Waals surface area contributed by atoms with E-state index in [1.807, 2.05) is 53.4 Å². The number of ether oxygens (including phenoxy) is 2. The Labute approximate surface area is 808 Å². The SMILES string of the molecule is CCCC(=O)N1CCCC1C1CCN(C)CC1.CN1CCC([C@@H]2CCCN2C(=O)CC(F)(F)F)CC1.CN1CCC([C@@H]2CCCN2C(=O)CCN)CC1.CN1CCC([C@@H]2CCCN2C(=O)CCNC(=O)OCc2ccccc2)CC1.CN1CCC([C@@H]2CCCN2C(=O)CCc2ccccn2)CC1.CN1CCC([C@@H]2CCCN2C(=O)CO)CC1.COCC(=O)N1CCC[C@H]1C1CCN(C)CC1. The lowest BCUT2D eigenvalue weighted by Gasteiger charge is -2.37. The summed E-state index contributed by atoms with van der Waals surface area (Å²) < 4.78 is 47.1. The number of likely N-dealkylation sites (tertiary alicyclic amines) is 14. The van der Waals surface area contributed by atoms with E-state index in [9.17, 15) is 51.5 Å². The van der Waals surface area contributed by atoms with Crippen LogP contribution in [0.15, 0.2) is 54.7 Å². The van der Waals surface area contributed by atoms with Crippen LogP contribution in [0.3, 0.4) is 0 Å². The molecule has 4 N–H and O–H groups in total. The van der Waals surface area contributed by atoms with Gasteiger partial charge in [0.15, 0.2) is 0 Å². The molecule has 14 aliphatic rings. The number of amides is 8. The molecule has 0 bridgehead atoms. The highest BCUT2D eigenvalue weighted by Crippen LogP contribution is 2.39. The first-order valence-corrected chi connectivity index (χ1v) is 52.7. The molecule has 31 heteroatoms. The highest BCUT2D eigenvalue weighted by Gasteiger charge is 2.45. The largest absolute Gasteiger partial charge is 0.445 e. The van der Waals surface area contributed by atoms with E-state index in [4.69, 9.17) is 20.3 Å². The molecule has 14 aliphatic heterocycles. The average molecular weight is 1900 g/mol. The summed E-state index contributed by atoms with van der Waals surface area (Å²) in [5, 5.41) is 11.6. The minimum atomic E-state index is -4.39. The molecular formula is C104H176F3N17O11. The predicted octanol–water partition coefficient (Wildman–Crippen LogP) is 11.3. The molecule has 1 aromatic carbocycles. The number of rotatable bonds is 23. The Hall–Kier alpha value is -6.68. The van der Waals surface area contributed by atoms with Crippen molar-refractivity contribution in [2.75, 3.05) is 220 Å². The highest BCUT2D eigenvalue weighted by atomic mass is 19.4. The van der Waals surface area contributed by atoms with Crippen LogP contribution in [0.25, 0.3) is 0 Å². The van der Waals surface area contributed by atoms with Crippen LogP contribution in [-0.4, -0.2) is 395 Å². The van der Waals surface area contributed by atoms with Crippen LogP contribution >= 0.6 is 0 Å². The maximum Gasteiger partial charge on any atom is 0.407 e. The van der Waals surface area contributed by atoms with Crippen LogP contribution in [0.1, 0.15) is 236 Å². The van der Waals surface area contributed by atoms with Gasteiger partial charge in [-0.2, -0.15) is 13.2 Å². The molecule has 1 aromatic heterocycles. The van der Waals surface area contributed by atoms with Gasteiger partial charge < -0.3 is 94.2 Å². The number of aryl methyl sites for hydroxylation is 1. The molecule has 14 fully saturated rings. The lowest BCUT2D eigenvalue weighted by atomic mass is 9.88.